The van der Waals surface area contributed by atoms with Gasteiger partial charge in [-0.3, -0.25) is 14.4 Å². The topological polar surface area (TPSA) is 117 Å². The number of piperidine rings is 1. The van der Waals surface area contributed by atoms with Crippen molar-refractivity contribution < 1.29 is 23.2 Å². The Labute approximate surface area is 220 Å². The summed E-state index contributed by atoms with van der Waals surface area (Å²) in [6.45, 7) is 2.99. The van der Waals surface area contributed by atoms with Crippen molar-refractivity contribution in [2.24, 2.45) is 11.7 Å². The van der Waals surface area contributed by atoms with Crippen molar-refractivity contribution in [1.29, 1.82) is 0 Å². The number of Topliss-reactive ketones (excluding diaryl/α,β-unsaturated/α-hetero) is 1. The monoisotopic (exact) mass is 525 g/mol. The minimum Gasteiger partial charge on any atom is -0.376 e. The molecule has 1 aromatic heterocycles. The lowest BCUT2D eigenvalue weighted by molar-refractivity contribution is 0.0923. The molecule has 202 valence electrons. The minimum atomic E-state index is -2.65. The zero-order chi connectivity index (χ0) is 27.1. The molecule has 4 N–H and O–H groups in total. The Hall–Kier alpha value is -3.56. The third-order valence-corrected chi connectivity index (χ3v) is 7.95. The molecular formula is C28H33F2N5O3. The van der Waals surface area contributed by atoms with Crippen LogP contribution >= 0.6 is 0 Å². The van der Waals surface area contributed by atoms with E-state index in [1.807, 2.05) is 12.1 Å². The van der Waals surface area contributed by atoms with Crippen molar-refractivity contribution in [2.45, 2.75) is 83.0 Å². The Morgan fingerprint density at radius 1 is 1.05 bits per heavy atom. The number of nitrogens with zero attached hydrogens (tertiary/aromatic N) is 2. The van der Waals surface area contributed by atoms with E-state index in [1.54, 1.807) is 13.1 Å². The van der Waals surface area contributed by atoms with Crippen molar-refractivity contribution in [2.75, 3.05) is 10.2 Å². The van der Waals surface area contributed by atoms with E-state index in [2.05, 4.69) is 20.5 Å². The SMILES string of the molecule is Cc1cc(C(N)=O)c(NC(C)C(F)F)cc1C(=O)NC1CC2CCC(C1)N2c1ccc(C(=O)C2CC2)cn1. The number of hydrogen-bond acceptors (Lipinski definition) is 6. The second-order valence-corrected chi connectivity index (χ2v) is 10.8. The van der Waals surface area contributed by atoms with E-state index in [-0.39, 0.29) is 47.0 Å². The molecule has 3 unspecified atom stereocenters. The number of carbonyl (C=O) groups excluding carboxylic acids is 3. The summed E-state index contributed by atoms with van der Waals surface area (Å²) in [6, 6.07) is 5.86. The molecule has 2 aliphatic heterocycles. The molecule has 1 saturated carbocycles. The third kappa shape index (κ3) is 5.21. The van der Waals surface area contributed by atoms with Gasteiger partial charge in [-0.05, 0) is 82.2 Å². The van der Waals surface area contributed by atoms with Crippen LogP contribution in [0.3, 0.4) is 0 Å². The van der Waals surface area contributed by atoms with Gasteiger partial charge in [0.25, 0.3) is 18.2 Å². The molecule has 10 heteroatoms. The van der Waals surface area contributed by atoms with E-state index < -0.39 is 18.4 Å². The largest absolute Gasteiger partial charge is 0.376 e. The number of benzene rings is 1. The number of aryl methyl sites for hydroxylation is 1. The fourth-order valence-corrected chi connectivity index (χ4v) is 5.78. The Balaban J connectivity index is 1.27. The lowest BCUT2D eigenvalue weighted by Crippen LogP contribution is -2.50. The molecule has 3 fully saturated rings. The highest BCUT2D eigenvalue weighted by molar-refractivity contribution is 6.03. The van der Waals surface area contributed by atoms with Gasteiger partial charge in [-0.1, -0.05) is 0 Å². The van der Waals surface area contributed by atoms with Crippen LogP contribution in [0.15, 0.2) is 30.5 Å². The standard InChI is InChI=1S/C28H33F2N5O3/c1-14-9-22(27(31)37)23(33-15(2)26(29)30)12-21(14)28(38)34-18-10-19-6-7-20(11-18)35(19)24-8-5-17(13-32-24)25(36)16-3-4-16/h5,8-9,12-13,15-16,18-20,26,33H,3-4,6-7,10-11H2,1-2H3,(H2,31,37)(H,34,38). The molecule has 0 spiro atoms. The average Bonchev–Trinajstić information content (AvgIpc) is 3.69. The van der Waals surface area contributed by atoms with Gasteiger partial charge in [0, 0.05) is 47.1 Å². The first-order chi connectivity index (χ1) is 18.1. The fraction of sp³-hybridized carbons (Fsp3) is 0.500. The number of nitrogens with one attached hydrogen (secondary N) is 2. The molecule has 0 radical (unpaired) electrons. The lowest BCUT2D eigenvalue weighted by Gasteiger charge is -2.40. The quantitative estimate of drug-likeness (QED) is 0.425. The molecule has 1 aromatic carbocycles. The van der Waals surface area contributed by atoms with Gasteiger partial charge in [0.2, 0.25) is 0 Å². The third-order valence-electron chi connectivity index (χ3n) is 7.95. The Bertz CT molecular complexity index is 1230. The van der Waals surface area contributed by atoms with Crippen molar-refractivity contribution in [1.82, 2.24) is 10.3 Å². The maximum absolute atomic E-state index is 13.3. The van der Waals surface area contributed by atoms with E-state index >= 15 is 0 Å². The maximum Gasteiger partial charge on any atom is 0.258 e. The first-order valence-corrected chi connectivity index (χ1v) is 13.2. The highest BCUT2D eigenvalue weighted by Gasteiger charge is 2.42. The molecule has 5 rings (SSSR count). The smallest absolute Gasteiger partial charge is 0.258 e. The van der Waals surface area contributed by atoms with Crippen molar-refractivity contribution in [3.8, 4) is 0 Å². The summed E-state index contributed by atoms with van der Waals surface area (Å²) in [5.74, 6) is 0.121. The second-order valence-electron chi connectivity index (χ2n) is 10.8. The highest BCUT2D eigenvalue weighted by atomic mass is 19.3. The molecule has 1 aliphatic carbocycles. The van der Waals surface area contributed by atoms with E-state index in [9.17, 15) is 23.2 Å². The number of hydrogen-bond donors (Lipinski definition) is 3. The van der Waals surface area contributed by atoms with Crippen LogP contribution in [0.2, 0.25) is 0 Å². The molecule has 2 saturated heterocycles. The van der Waals surface area contributed by atoms with Crippen LogP contribution in [0.5, 0.6) is 0 Å². The Morgan fingerprint density at radius 2 is 1.74 bits per heavy atom. The van der Waals surface area contributed by atoms with Crippen LogP contribution in [-0.2, 0) is 0 Å². The van der Waals surface area contributed by atoms with E-state index in [0.29, 0.717) is 16.7 Å². The van der Waals surface area contributed by atoms with Gasteiger partial charge < -0.3 is 21.3 Å². The van der Waals surface area contributed by atoms with Crippen LogP contribution in [0.4, 0.5) is 20.3 Å². The molecule has 38 heavy (non-hydrogen) atoms. The number of amides is 2. The summed E-state index contributed by atoms with van der Waals surface area (Å²) in [5.41, 5.74) is 7.15. The van der Waals surface area contributed by atoms with Gasteiger partial charge in [0.15, 0.2) is 5.78 Å². The number of ketones is 1. The summed E-state index contributed by atoms with van der Waals surface area (Å²) < 4.78 is 26.3. The molecule has 3 atom stereocenters. The van der Waals surface area contributed by atoms with E-state index in [0.717, 1.165) is 44.3 Å². The van der Waals surface area contributed by atoms with Gasteiger partial charge in [-0.2, -0.15) is 0 Å². The van der Waals surface area contributed by atoms with E-state index in [4.69, 9.17) is 5.73 Å². The predicted octanol–water partition coefficient (Wildman–Crippen LogP) is 4.08. The normalized spacial score (nSPS) is 23.3. The number of halogens is 2. The zero-order valence-corrected chi connectivity index (χ0v) is 21.5. The van der Waals surface area contributed by atoms with Gasteiger partial charge in [0.05, 0.1) is 11.6 Å². The molecule has 2 aromatic rings. The van der Waals surface area contributed by atoms with Gasteiger partial charge in [-0.15, -0.1) is 0 Å². The van der Waals surface area contributed by atoms with Crippen LogP contribution in [0, 0.1) is 12.8 Å². The zero-order valence-electron chi connectivity index (χ0n) is 21.5. The molecule has 2 amide bonds. The fourth-order valence-electron chi connectivity index (χ4n) is 5.78. The van der Waals surface area contributed by atoms with Crippen LogP contribution in [0.1, 0.15) is 82.1 Å². The Morgan fingerprint density at radius 3 is 2.29 bits per heavy atom. The molecule has 3 heterocycles. The molecule has 8 nitrogen and oxygen atoms in total. The van der Waals surface area contributed by atoms with Crippen molar-refractivity contribution >= 4 is 29.1 Å². The number of primary amides is 1. The number of aromatic nitrogens is 1. The first-order valence-electron chi connectivity index (χ1n) is 13.2. The summed E-state index contributed by atoms with van der Waals surface area (Å²) in [4.78, 5) is 44.4. The number of pyridine rings is 1. The summed E-state index contributed by atoms with van der Waals surface area (Å²) >= 11 is 0. The average molecular weight is 526 g/mol. The van der Waals surface area contributed by atoms with Gasteiger partial charge in [0.1, 0.15) is 5.82 Å². The van der Waals surface area contributed by atoms with E-state index in [1.165, 1.54) is 19.1 Å². The summed E-state index contributed by atoms with van der Waals surface area (Å²) in [6.07, 6.45) is 4.44. The van der Waals surface area contributed by atoms with Crippen LogP contribution in [0.25, 0.3) is 0 Å². The first kappa shape index (κ1) is 26.1. The van der Waals surface area contributed by atoms with Crippen molar-refractivity contribution in [3.05, 3.63) is 52.7 Å². The number of nitrogens with two attached hydrogens (primary N) is 1. The number of anilines is 2. The number of rotatable bonds is 9. The molecule has 3 aliphatic rings. The van der Waals surface area contributed by atoms with Gasteiger partial charge >= 0.3 is 0 Å². The van der Waals surface area contributed by atoms with Crippen LogP contribution in [-0.4, -0.2) is 53.2 Å². The van der Waals surface area contributed by atoms with Gasteiger partial charge in [-0.25, -0.2) is 13.8 Å². The van der Waals surface area contributed by atoms with Crippen molar-refractivity contribution in [3.63, 3.8) is 0 Å². The van der Waals surface area contributed by atoms with Crippen LogP contribution < -0.4 is 21.3 Å². The molecule has 2 bridgehead atoms. The predicted molar refractivity (Wildman–Crippen MR) is 140 cm³/mol. The summed E-state index contributed by atoms with van der Waals surface area (Å²) in [5, 5.41) is 5.74. The lowest BCUT2D eigenvalue weighted by atomic mass is 9.95. The summed E-state index contributed by atoms with van der Waals surface area (Å²) in [7, 11) is 0. The number of carbonyl (C=O) groups is 3. The number of alkyl halides is 2. The highest BCUT2D eigenvalue weighted by Crippen LogP contribution is 2.39. The minimum absolute atomic E-state index is 0.0569. The molecular weight excluding hydrogens is 492 g/mol. The maximum atomic E-state index is 13.3. The Kier molecular flexibility index (Phi) is 7.07. The second kappa shape index (κ2) is 10.3. The number of fused-ring (bicyclic) bond motifs is 2.